The van der Waals surface area contributed by atoms with Crippen LogP contribution in [0.4, 0.5) is 5.69 Å². The Morgan fingerprint density at radius 1 is 1.18 bits per heavy atom. The van der Waals surface area contributed by atoms with Crippen LogP contribution in [0.15, 0.2) is 36.5 Å². The zero-order valence-electron chi connectivity index (χ0n) is 9.53. The van der Waals surface area contributed by atoms with Gasteiger partial charge in [-0.25, -0.2) is 0 Å². The summed E-state index contributed by atoms with van der Waals surface area (Å²) in [5, 5.41) is 4.47. The van der Waals surface area contributed by atoms with Crippen molar-refractivity contribution < 1.29 is 4.74 Å². The Bertz CT molecular complexity index is 470. The molecule has 0 fully saturated rings. The van der Waals surface area contributed by atoms with Crippen molar-refractivity contribution in [3.8, 4) is 0 Å². The fraction of sp³-hybridized carbons (Fsp3) is 0.308. The van der Waals surface area contributed by atoms with Gasteiger partial charge in [-0.2, -0.15) is 0 Å². The van der Waals surface area contributed by atoms with Crippen LogP contribution in [0.1, 0.15) is 0 Å². The first-order chi connectivity index (χ1) is 8.42. The summed E-state index contributed by atoms with van der Waals surface area (Å²) in [5.74, 6) is 0.540. The monoisotopic (exact) mass is 250 g/mol. The summed E-state index contributed by atoms with van der Waals surface area (Å²) >= 11 is 5.52. The van der Waals surface area contributed by atoms with Crippen molar-refractivity contribution in [1.29, 1.82) is 0 Å². The van der Waals surface area contributed by atoms with Gasteiger partial charge in [0.05, 0.1) is 18.7 Å². The topological polar surface area (TPSA) is 34.1 Å². The molecule has 0 aliphatic carbocycles. The maximum Gasteiger partial charge on any atom is 0.0722 e. The number of hydrogen-bond donors (Lipinski definition) is 1. The molecule has 2 aromatic rings. The highest BCUT2D eigenvalue weighted by Gasteiger charge is 1.99. The van der Waals surface area contributed by atoms with Crippen molar-refractivity contribution in [2.75, 3.05) is 31.0 Å². The minimum Gasteiger partial charge on any atom is -0.382 e. The molecule has 0 spiro atoms. The zero-order valence-corrected chi connectivity index (χ0v) is 10.3. The number of hydrogen-bond acceptors (Lipinski definition) is 3. The Morgan fingerprint density at radius 2 is 2.06 bits per heavy atom. The first-order valence-electron chi connectivity index (χ1n) is 5.63. The van der Waals surface area contributed by atoms with Gasteiger partial charge < -0.3 is 10.1 Å². The molecule has 0 aliphatic rings. The normalized spacial score (nSPS) is 10.6. The number of nitrogens with one attached hydrogen (secondary N) is 1. The molecule has 0 saturated heterocycles. The van der Waals surface area contributed by atoms with Gasteiger partial charge in [0.1, 0.15) is 0 Å². The minimum absolute atomic E-state index is 0.540. The molecule has 2 rings (SSSR count). The highest BCUT2D eigenvalue weighted by molar-refractivity contribution is 6.17. The second-order valence-electron chi connectivity index (χ2n) is 3.60. The van der Waals surface area contributed by atoms with E-state index >= 15 is 0 Å². The average molecular weight is 251 g/mol. The van der Waals surface area contributed by atoms with E-state index in [2.05, 4.69) is 16.4 Å². The first-order valence-corrected chi connectivity index (χ1v) is 6.16. The van der Waals surface area contributed by atoms with Crippen LogP contribution in [0.25, 0.3) is 10.9 Å². The van der Waals surface area contributed by atoms with Crippen LogP contribution in [-0.4, -0.2) is 30.6 Å². The number of halogens is 1. The van der Waals surface area contributed by atoms with E-state index in [1.165, 1.54) is 0 Å². The Kier molecular flexibility index (Phi) is 4.59. The third-order valence-corrected chi connectivity index (χ3v) is 2.59. The number of aromatic nitrogens is 1. The van der Waals surface area contributed by atoms with Gasteiger partial charge in [-0.1, -0.05) is 18.2 Å². The lowest BCUT2D eigenvalue weighted by molar-refractivity contribution is 0.160. The number of pyridine rings is 1. The molecule has 90 valence electrons. The van der Waals surface area contributed by atoms with E-state index < -0.39 is 0 Å². The lowest BCUT2D eigenvalue weighted by atomic mass is 10.2. The van der Waals surface area contributed by atoms with Crippen LogP contribution >= 0.6 is 11.6 Å². The second-order valence-corrected chi connectivity index (χ2v) is 3.98. The van der Waals surface area contributed by atoms with Gasteiger partial charge in [-0.05, 0) is 12.1 Å². The van der Waals surface area contributed by atoms with E-state index in [1.54, 1.807) is 0 Å². The number of fused-ring (bicyclic) bond motifs is 1. The highest BCUT2D eigenvalue weighted by Crippen LogP contribution is 2.20. The molecule has 0 radical (unpaired) electrons. The van der Waals surface area contributed by atoms with Crippen molar-refractivity contribution >= 4 is 28.2 Å². The Balaban J connectivity index is 1.98. The van der Waals surface area contributed by atoms with E-state index in [1.807, 2.05) is 30.5 Å². The van der Waals surface area contributed by atoms with Crippen molar-refractivity contribution in [3.63, 3.8) is 0 Å². The molecule has 1 heterocycles. The maximum atomic E-state index is 5.52. The lowest BCUT2D eigenvalue weighted by Crippen LogP contribution is -2.10. The quantitative estimate of drug-likeness (QED) is 0.632. The third-order valence-electron chi connectivity index (χ3n) is 2.43. The molecule has 0 aliphatic heterocycles. The van der Waals surface area contributed by atoms with Crippen molar-refractivity contribution in [3.05, 3.63) is 36.5 Å². The molecule has 0 atom stereocenters. The molecule has 1 aromatic heterocycles. The molecule has 0 saturated carbocycles. The molecule has 3 nitrogen and oxygen atoms in total. The van der Waals surface area contributed by atoms with Crippen LogP contribution in [0.3, 0.4) is 0 Å². The van der Waals surface area contributed by atoms with Crippen molar-refractivity contribution in [2.45, 2.75) is 0 Å². The van der Waals surface area contributed by atoms with Crippen LogP contribution in [0, 0.1) is 0 Å². The molecule has 4 heteroatoms. The van der Waals surface area contributed by atoms with E-state index in [0.717, 1.165) is 23.1 Å². The van der Waals surface area contributed by atoms with Gasteiger partial charge in [-0.3, -0.25) is 4.98 Å². The van der Waals surface area contributed by atoms with Crippen LogP contribution in [0.2, 0.25) is 0 Å². The molecule has 0 amide bonds. The van der Waals surface area contributed by atoms with Gasteiger partial charge >= 0.3 is 0 Å². The van der Waals surface area contributed by atoms with Crippen LogP contribution in [-0.2, 0) is 4.74 Å². The summed E-state index contributed by atoms with van der Waals surface area (Å²) in [6.45, 7) is 2.02. The number of para-hydroxylation sites is 1. The van der Waals surface area contributed by atoms with Gasteiger partial charge in [-0.15, -0.1) is 11.6 Å². The van der Waals surface area contributed by atoms with E-state index in [0.29, 0.717) is 19.1 Å². The summed E-state index contributed by atoms with van der Waals surface area (Å²) in [6, 6.07) is 10.0. The fourth-order valence-corrected chi connectivity index (χ4v) is 1.77. The molecule has 0 unspecified atom stereocenters. The molecular weight excluding hydrogens is 236 g/mol. The Morgan fingerprint density at radius 3 is 2.94 bits per heavy atom. The number of nitrogens with zero attached hydrogens (tertiary/aromatic N) is 1. The summed E-state index contributed by atoms with van der Waals surface area (Å²) in [7, 11) is 0. The SMILES string of the molecule is ClCCOCCNc1ccnc2ccccc12. The predicted octanol–water partition coefficient (Wildman–Crippen LogP) is 2.90. The number of anilines is 1. The minimum atomic E-state index is 0.540. The summed E-state index contributed by atoms with van der Waals surface area (Å²) in [5.41, 5.74) is 2.09. The van der Waals surface area contributed by atoms with E-state index in [-0.39, 0.29) is 0 Å². The first kappa shape index (κ1) is 12.1. The molecular formula is C13H15ClN2O. The summed E-state index contributed by atoms with van der Waals surface area (Å²) < 4.78 is 5.31. The maximum absolute atomic E-state index is 5.52. The molecule has 1 aromatic carbocycles. The van der Waals surface area contributed by atoms with Gasteiger partial charge in [0, 0.05) is 29.7 Å². The van der Waals surface area contributed by atoms with E-state index in [9.17, 15) is 0 Å². The molecule has 1 N–H and O–H groups in total. The van der Waals surface area contributed by atoms with Gasteiger partial charge in [0.2, 0.25) is 0 Å². The molecule has 0 bridgehead atoms. The van der Waals surface area contributed by atoms with E-state index in [4.69, 9.17) is 16.3 Å². The van der Waals surface area contributed by atoms with Gasteiger partial charge in [0.15, 0.2) is 0 Å². The van der Waals surface area contributed by atoms with Crippen LogP contribution < -0.4 is 5.32 Å². The summed E-state index contributed by atoms with van der Waals surface area (Å²) in [4.78, 5) is 4.31. The van der Waals surface area contributed by atoms with Crippen molar-refractivity contribution in [1.82, 2.24) is 4.98 Å². The van der Waals surface area contributed by atoms with Crippen LogP contribution in [0.5, 0.6) is 0 Å². The number of alkyl halides is 1. The second kappa shape index (κ2) is 6.42. The highest BCUT2D eigenvalue weighted by atomic mass is 35.5. The predicted molar refractivity (Wildman–Crippen MR) is 71.8 cm³/mol. The largest absolute Gasteiger partial charge is 0.382 e. The third kappa shape index (κ3) is 3.32. The number of ether oxygens (including phenoxy) is 1. The Hall–Kier alpha value is -1.32. The Labute approximate surface area is 106 Å². The van der Waals surface area contributed by atoms with Crippen molar-refractivity contribution in [2.24, 2.45) is 0 Å². The summed E-state index contributed by atoms with van der Waals surface area (Å²) in [6.07, 6.45) is 1.81. The van der Waals surface area contributed by atoms with Gasteiger partial charge in [0.25, 0.3) is 0 Å². The number of rotatable bonds is 6. The smallest absolute Gasteiger partial charge is 0.0722 e. The zero-order chi connectivity index (χ0) is 11.9. The standard InChI is InChI=1S/C13H15ClN2O/c14-6-9-17-10-8-16-13-5-7-15-12-4-2-1-3-11(12)13/h1-5,7H,6,8-10H2,(H,15,16). The average Bonchev–Trinajstić information content (AvgIpc) is 2.39. The lowest BCUT2D eigenvalue weighted by Gasteiger charge is -2.09. The number of benzene rings is 1. The fourth-order valence-electron chi connectivity index (χ4n) is 1.66. The molecule has 17 heavy (non-hydrogen) atoms.